The molecule has 1 aromatic rings. The Morgan fingerprint density at radius 1 is 1.29 bits per heavy atom. The number of nitrogens with zero attached hydrogens (tertiary/aromatic N) is 2. The minimum absolute atomic E-state index is 0.227. The lowest BCUT2D eigenvalue weighted by Gasteiger charge is -2.14. The average Bonchev–Trinajstić information content (AvgIpc) is 2.89. The van der Waals surface area contributed by atoms with E-state index >= 15 is 0 Å². The Labute approximate surface area is 101 Å². The number of carbonyl (C=O) groups excluding carboxylic acids is 1. The number of hydrogen-bond acceptors (Lipinski definition) is 4. The summed E-state index contributed by atoms with van der Waals surface area (Å²) >= 11 is 0. The molecule has 1 aromatic carbocycles. The zero-order chi connectivity index (χ0) is 12.1. The normalized spacial score (nSPS) is 16.0. The first-order chi connectivity index (χ1) is 8.33. The van der Waals surface area contributed by atoms with Crippen LogP contribution in [-0.2, 0) is 6.42 Å². The summed E-state index contributed by atoms with van der Waals surface area (Å²) in [6.07, 6.45) is 4.18. The van der Waals surface area contributed by atoms with Crippen LogP contribution in [0.5, 0.6) is 0 Å². The van der Waals surface area contributed by atoms with Gasteiger partial charge in [0.15, 0.2) is 6.29 Å². The van der Waals surface area contributed by atoms with Gasteiger partial charge in [-0.25, -0.2) is 0 Å². The van der Waals surface area contributed by atoms with Crippen molar-refractivity contribution in [1.82, 2.24) is 4.90 Å². The number of rotatable bonds is 5. The van der Waals surface area contributed by atoms with Crippen LogP contribution in [0.2, 0.25) is 0 Å². The van der Waals surface area contributed by atoms with Crippen LogP contribution in [-0.4, -0.2) is 30.8 Å². The molecule has 17 heavy (non-hydrogen) atoms. The van der Waals surface area contributed by atoms with Gasteiger partial charge in [0.1, 0.15) is 5.69 Å². The van der Waals surface area contributed by atoms with E-state index in [-0.39, 0.29) is 5.69 Å². The fourth-order valence-corrected chi connectivity index (χ4v) is 2.23. The highest BCUT2D eigenvalue weighted by Crippen LogP contribution is 2.19. The maximum atomic E-state index is 10.8. The van der Waals surface area contributed by atoms with Crippen molar-refractivity contribution in [1.29, 1.82) is 0 Å². The number of likely N-dealkylation sites (tertiary alicyclic amines) is 1. The molecule has 0 spiro atoms. The van der Waals surface area contributed by atoms with E-state index in [1.54, 1.807) is 12.1 Å². The van der Waals surface area contributed by atoms with E-state index in [2.05, 4.69) is 10.1 Å². The van der Waals surface area contributed by atoms with Gasteiger partial charge >= 0.3 is 0 Å². The lowest BCUT2D eigenvalue weighted by atomic mass is 10.1. The molecule has 4 heteroatoms. The summed E-state index contributed by atoms with van der Waals surface area (Å²) in [5.74, 6) is 0. The van der Waals surface area contributed by atoms with Gasteiger partial charge in [0.05, 0.1) is 0 Å². The van der Waals surface area contributed by atoms with Gasteiger partial charge < -0.3 is 4.90 Å². The van der Waals surface area contributed by atoms with Gasteiger partial charge in [-0.05, 0) is 55.2 Å². The van der Waals surface area contributed by atoms with Gasteiger partial charge in [-0.3, -0.25) is 4.79 Å². The van der Waals surface area contributed by atoms with E-state index in [9.17, 15) is 9.70 Å². The minimum atomic E-state index is 0.227. The Hall–Kier alpha value is -1.55. The van der Waals surface area contributed by atoms with E-state index in [0.717, 1.165) is 18.5 Å². The molecule has 1 fully saturated rings. The molecule has 0 aromatic heterocycles. The molecule has 0 atom stereocenters. The van der Waals surface area contributed by atoms with Crippen molar-refractivity contribution >= 4 is 12.0 Å². The second-order valence-corrected chi connectivity index (χ2v) is 4.40. The van der Waals surface area contributed by atoms with E-state index in [4.69, 9.17) is 0 Å². The molecular formula is C13H16N2O2. The lowest BCUT2D eigenvalue weighted by molar-refractivity contribution is 0.112. The fourth-order valence-electron chi connectivity index (χ4n) is 2.23. The van der Waals surface area contributed by atoms with E-state index in [0.29, 0.717) is 11.8 Å². The average molecular weight is 232 g/mol. The highest BCUT2D eigenvalue weighted by atomic mass is 16.3. The van der Waals surface area contributed by atoms with Crippen molar-refractivity contribution in [3.63, 3.8) is 0 Å². The van der Waals surface area contributed by atoms with E-state index in [1.165, 1.54) is 25.9 Å². The monoisotopic (exact) mass is 232 g/mol. The SMILES string of the molecule is O=Cc1cc(CCN2CCCC2)ccc1N=O. The first kappa shape index (κ1) is 11.9. The van der Waals surface area contributed by atoms with Gasteiger partial charge in [-0.1, -0.05) is 6.07 Å². The van der Waals surface area contributed by atoms with E-state index < -0.39 is 0 Å². The second kappa shape index (κ2) is 5.68. The quantitative estimate of drug-likeness (QED) is 0.579. The Morgan fingerprint density at radius 3 is 2.71 bits per heavy atom. The van der Waals surface area contributed by atoms with Crippen LogP contribution in [0.4, 0.5) is 5.69 Å². The molecule has 1 aliphatic heterocycles. The van der Waals surface area contributed by atoms with Crippen molar-refractivity contribution in [2.45, 2.75) is 19.3 Å². The lowest BCUT2D eigenvalue weighted by Crippen LogP contribution is -2.21. The van der Waals surface area contributed by atoms with Gasteiger partial charge in [0.2, 0.25) is 0 Å². The third kappa shape index (κ3) is 2.97. The number of benzene rings is 1. The summed E-state index contributed by atoms with van der Waals surface area (Å²) in [6, 6.07) is 5.26. The van der Waals surface area contributed by atoms with Gasteiger partial charge in [0.25, 0.3) is 0 Å². The summed E-state index contributed by atoms with van der Waals surface area (Å²) in [5, 5.41) is 2.83. The summed E-state index contributed by atoms with van der Waals surface area (Å²) in [4.78, 5) is 23.7. The molecule has 2 rings (SSSR count). The van der Waals surface area contributed by atoms with Crippen molar-refractivity contribution in [2.24, 2.45) is 5.18 Å². The highest BCUT2D eigenvalue weighted by Gasteiger charge is 2.11. The molecule has 1 saturated heterocycles. The van der Waals surface area contributed by atoms with Crippen LogP contribution in [0.1, 0.15) is 28.8 Å². The Morgan fingerprint density at radius 2 is 2.06 bits per heavy atom. The Kier molecular flexibility index (Phi) is 3.98. The summed E-state index contributed by atoms with van der Waals surface area (Å²) in [7, 11) is 0. The Bertz CT molecular complexity index is 412. The molecule has 0 aliphatic carbocycles. The molecule has 0 amide bonds. The predicted octanol–water partition coefficient (Wildman–Crippen LogP) is 2.54. The zero-order valence-electron chi connectivity index (χ0n) is 9.76. The summed E-state index contributed by atoms with van der Waals surface area (Å²) in [5.41, 5.74) is 1.70. The number of nitroso groups, excluding NO2 is 1. The van der Waals surface area contributed by atoms with Crippen LogP contribution in [0.25, 0.3) is 0 Å². The number of hydrogen-bond donors (Lipinski definition) is 0. The maximum absolute atomic E-state index is 10.8. The maximum Gasteiger partial charge on any atom is 0.152 e. The minimum Gasteiger partial charge on any atom is -0.303 e. The fraction of sp³-hybridized carbons (Fsp3) is 0.462. The van der Waals surface area contributed by atoms with Gasteiger partial charge in [-0.2, -0.15) is 0 Å². The smallest absolute Gasteiger partial charge is 0.152 e. The molecule has 90 valence electrons. The third-order valence-corrected chi connectivity index (χ3v) is 3.23. The van der Waals surface area contributed by atoms with Crippen LogP contribution < -0.4 is 0 Å². The zero-order valence-corrected chi connectivity index (χ0v) is 9.76. The summed E-state index contributed by atoms with van der Waals surface area (Å²) < 4.78 is 0. The number of carbonyl (C=O) groups is 1. The van der Waals surface area contributed by atoms with Crippen LogP contribution in [0, 0.1) is 4.91 Å². The van der Waals surface area contributed by atoms with Crippen LogP contribution in [0.3, 0.4) is 0 Å². The molecule has 0 N–H and O–H groups in total. The topological polar surface area (TPSA) is 49.7 Å². The molecule has 0 unspecified atom stereocenters. The predicted molar refractivity (Wildman–Crippen MR) is 66.7 cm³/mol. The molecule has 0 radical (unpaired) electrons. The van der Waals surface area contributed by atoms with Crippen LogP contribution in [0.15, 0.2) is 23.4 Å². The van der Waals surface area contributed by atoms with Crippen LogP contribution >= 0.6 is 0 Å². The second-order valence-electron chi connectivity index (χ2n) is 4.40. The summed E-state index contributed by atoms with van der Waals surface area (Å²) in [6.45, 7) is 3.37. The first-order valence-electron chi connectivity index (χ1n) is 5.97. The van der Waals surface area contributed by atoms with Gasteiger partial charge in [-0.15, -0.1) is 4.91 Å². The van der Waals surface area contributed by atoms with Crippen molar-refractivity contribution in [2.75, 3.05) is 19.6 Å². The van der Waals surface area contributed by atoms with Gasteiger partial charge in [0, 0.05) is 12.1 Å². The van der Waals surface area contributed by atoms with E-state index in [1.807, 2.05) is 6.07 Å². The highest BCUT2D eigenvalue weighted by molar-refractivity contribution is 5.83. The van der Waals surface area contributed by atoms with Crippen molar-refractivity contribution in [3.8, 4) is 0 Å². The standard InChI is InChI=1S/C13H16N2O2/c16-10-12-9-11(3-4-13(12)14-17)5-8-15-6-1-2-7-15/h3-4,9-10H,1-2,5-8H2. The largest absolute Gasteiger partial charge is 0.303 e. The molecule has 1 aliphatic rings. The molecular weight excluding hydrogens is 216 g/mol. The molecule has 4 nitrogen and oxygen atoms in total. The first-order valence-corrected chi connectivity index (χ1v) is 5.97. The number of aldehydes is 1. The Balaban J connectivity index is 2.00. The molecule has 0 bridgehead atoms. The molecule has 1 heterocycles. The molecule has 0 saturated carbocycles. The van der Waals surface area contributed by atoms with Crippen molar-refractivity contribution in [3.05, 3.63) is 34.2 Å². The van der Waals surface area contributed by atoms with Crippen molar-refractivity contribution < 1.29 is 4.79 Å². The third-order valence-electron chi connectivity index (χ3n) is 3.23.